The van der Waals surface area contributed by atoms with E-state index >= 15 is 0 Å². The Balaban J connectivity index is 0.000000339. The Kier molecular flexibility index (Phi) is 7.53. The molecule has 3 fully saturated rings. The van der Waals surface area contributed by atoms with Crippen LogP contribution in [0.25, 0.3) is 0 Å². The van der Waals surface area contributed by atoms with Gasteiger partial charge in [0.15, 0.2) is 0 Å². The summed E-state index contributed by atoms with van der Waals surface area (Å²) in [6.45, 7) is 4.58. The average Bonchev–Trinajstić information content (AvgIpc) is 3.58. The summed E-state index contributed by atoms with van der Waals surface area (Å²) in [5.74, 6) is -2.23. The number of rotatable bonds is 4. The minimum atomic E-state index is -5.08. The summed E-state index contributed by atoms with van der Waals surface area (Å²) in [5, 5.41) is 10.4. The molecule has 0 radical (unpaired) electrons. The first-order valence-corrected chi connectivity index (χ1v) is 10.5. The summed E-state index contributed by atoms with van der Waals surface area (Å²) in [6, 6.07) is 6.30. The highest BCUT2D eigenvalue weighted by Crippen LogP contribution is 2.42. The number of nitrogens with one attached hydrogen (secondary N) is 1. The van der Waals surface area contributed by atoms with Gasteiger partial charge in [0.1, 0.15) is 0 Å². The second kappa shape index (κ2) is 9.95. The Morgan fingerprint density at radius 2 is 1.90 bits per heavy atom. The van der Waals surface area contributed by atoms with Gasteiger partial charge >= 0.3 is 12.1 Å². The molecular weight excluding hydrogens is 415 g/mol. The molecule has 1 saturated carbocycles. The molecule has 2 N–H and O–H groups in total. The van der Waals surface area contributed by atoms with Crippen LogP contribution in [0.5, 0.6) is 0 Å². The molecule has 7 nitrogen and oxygen atoms in total. The topological polar surface area (TPSA) is 91.8 Å². The Bertz CT molecular complexity index is 748. The maximum Gasteiger partial charge on any atom is 0.490 e. The number of carboxylic acid groups (broad SMARTS) is 1. The van der Waals surface area contributed by atoms with Gasteiger partial charge in [0.25, 0.3) is 0 Å². The predicted octanol–water partition coefficient (Wildman–Crippen LogP) is 2.61. The van der Waals surface area contributed by atoms with Gasteiger partial charge in [-0.3, -0.25) is 14.7 Å². The third kappa shape index (κ3) is 6.64. The van der Waals surface area contributed by atoms with Crippen molar-refractivity contribution in [1.29, 1.82) is 0 Å². The van der Waals surface area contributed by atoms with Crippen LogP contribution < -0.4 is 5.32 Å². The van der Waals surface area contributed by atoms with E-state index < -0.39 is 12.1 Å². The normalized spacial score (nSPS) is 23.5. The number of carbonyl (C=O) groups is 2. The standard InChI is InChI=1S/C19H27N3O2.C2HF3O2/c23-18(15-4-5-15)21-17-14-24-12-8-19(17)6-10-22(11-7-19)13-16-3-1-2-9-20-16;3-2(4,5)1(6)7/h1-3,9,15,17H,4-8,10-14H2,(H,21,23);(H,6,7). The van der Waals surface area contributed by atoms with Crippen LogP contribution >= 0.6 is 0 Å². The fourth-order valence-corrected chi connectivity index (χ4v) is 4.13. The smallest absolute Gasteiger partial charge is 0.475 e. The number of aliphatic carboxylic acids is 1. The Hall–Kier alpha value is -2.20. The van der Waals surface area contributed by atoms with Gasteiger partial charge in [-0.2, -0.15) is 13.2 Å². The van der Waals surface area contributed by atoms with Crippen molar-refractivity contribution in [2.45, 2.75) is 50.9 Å². The van der Waals surface area contributed by atoms with Gasteiger partial charge in [0.05, 0.1) is 18.3 Å². The van der Waals surface area contributed by atoms with E-state index in [9.17, 15) is 18.0 Å². The zero-order valence-electron chi connectivity index (χ0n) is 17.2. The van der Waals surface area contributed by atoms with Gasteiger partial charge in [-0.1, -0.05) is 6.07 Å². The number of alkyl halides is 3. The minimum absolute atomic E-state index is 0.191. The number of aromatic nitrogens is 1. The van der Waals surface area contributed by atoms with Crippen LogP contribution in [0.1, 0.15) is 37.8 Å². The molecule has 10 heteroatoms. The van der Waals surface area contributed by atoms with E-state index in [0.717, 1.165) is 64.0 Å². The Morgan fingerprint density at radius 3 is 2.45 bits per heavy atom. The Labute approximate surface area is 179 Å². The first kappa shape index (κ1) is 23.5. The number of amides is 1. The lowest BCUT2D eigenvalue weighted by atomic mass is 9.69. The molecule has 3 aliphatic rings. The number of piperidine rings is 1. The third-order valence-electron chi connectivity index (χ3n) is 6.24. The maximum absolute atomic E-state index is 12.2. The molecule has 4 rings (SSSR count). The van der Waals surface area contributed by atoms with E-state index in [4.69, 9.17) is 14.6 Å². The van der Waals surface area contributed by atoms with E-state index in [1.165, 1.54) is 0 Å². The summed E-state index contributed by atoms with van der Waals surface area (Å²) < 4.78 is 37.4. The number of likely N-dealkylation sites (tertiary alicyclic amines) is 1. The number of nitrogens with zero attached hydrogens (tertiary/aromatic N) is 2. The molecule has 172 valence electrons. The highest BCUT2D eigenvalue weighted by atomic mass is 19.4. The Morgan fingerprint density at radius 1 is 1.23 bits per heavy atom. The second-order valence-corrected chi connectivity index (χ2v) is 8.42. The van der Waals surface area contributed by atoms with Crippen molar-refractivity contribution in [2.24, 2.45) is 11.3 Å². The molecule has 1 spiro atoms. The number of halogens is 3. The van der Waals surface area contributed by atoms with Crippen LogP contribution in [-0.4, -0.2) is 65.4 Å². The molecule has 1 aromatic heterocycles. The van der Waals surface area contributed by atoms with Crippen molar-refractivity contribution < 1.29 is 32.6 Å². The number of hydrogen-bond donors (Lipinski definition) is 2. The second-order valence-electron chi connectivity index (χ2n) is 8.42. The molecule has 0 bridgehead atoms. The molecule has 1 atom stereocenters. The van der Waals surface area contributed by atoms with E-state index in [0.29, 0.717) is 6.61 Å². The summed E-state index contributed by atoms with van der Waals surface area (Å²) in [7, 11) is 0. The van der Waals surface area contributed by atoms with Gasteiger partial charge in [0, 0.05) is 25.3 Å². The molecule has 1 unspecified atom stereocenters. The van der Waals surface area contributed by atoms with Crippen molar-refractivity contribution in [3.8, 4) is 0 Å². The lowest BCUT2D eigenvalue weighted by molar-refractivity contribution is -0.192. The van der Waals surface area contributed by atoms with Crippen LogP contribution in [0.15, 0.2) is 24.4 Å². The van der Waals surface area contributed by atoms with Crippen molar-refractivity contribution >= 4 is 11.9 Å². The van der Waals surface area contributed by atoms with Crippen molar-refractivity contribution in [3.05, 3.63) is 30.1 Å². The van der Waals surface area contributed by atoms with E-state index in [2.05, 4.69) is 27.3 Å². The van der Waals surface area contributed by atoms with Gasteiger partial charge in [-0.05, 0) is 62.7 Å². The highest BCUT2D eigenvalue weighted by molar-refractivity contribution is 5.81. The van der Waals surface area contributed by atoms with Crippen molar-refractivity contribution in [1.82, 2.24) is 15.2 Å². The summed E-state index contributed by atoms with van der Waals surface area (Å²) in [4.78, 5) is 28.0. The lowest BCUT2D eigenvalue weighted by Gasteiger charge is -2.49. The number of carboxylic acids is 1. The fraction of sp³-hybridized carbons (Fsp3) is 0.667. The summed E-state index contributed by atoms with van der Waals surface area (Å²) in [5.41, 5.74) is 1.36. The highest BCUT2D eigenvalue weighted by Gasteiger charge is 2.45. The molecule has 1 aliphatic carbocycles. The molecule has 1 aromatic rings. The first-order valence-electron chi connectivity index (χ1n) is 10.5. The predicted molar refractivity (Wildman–Crippen MR) is 105 cm³/mol. The van der Waals surface area contributed by atoms with E-state index in [1.54, 1.807) is 0 Å². The SMILES string of the molecule is O=C(NC1COCCC12CCN(Cc1ccccn1)CC2)C1CC1.O=C(O)C(F)(F)F. The van der Waals surface area contributed by atoms with Crippen LogP contribution in [-0.2, 0) is 20.9 Å². The molecule has 1 amide bonds. The molecule has 3 heterocycles. The van der Waals surface area contributed by atoms with Crippen LogP contribution in [0.2, 0.25) is 0 Å². The van der Waals surface area contributed by atoms with Gasteiger partial charge < -0.3 is 15.2 Å². The molecule has 0 aromatic carbocycles. The van der Waals surface area contributed by atoms with E-state index in [-0.39, 0.29) is 23.3 Å². The fourth-order valence-electron chi connectivity index (χ4n) is 4.13. The number of carbonyl (C=O) groups excluding carboxylic acids is 1. The number of hydrogen-bond acceptors (Lipinski definition) is 5. The third-order valence-corrected chi connectivity index (χ3v) is 6.24. The monoisotopic (exact) mass is 443 g/mol. The summed E-state index contributed by atoms with van der Waals surface area (Å²) in [6.07, 6.45) is 2.24. The van der Waals surface area contributed by atoms with Crippen LogP contribution in [0.3, 0.4) is 0 Å². The van der Waals surface area contributed by atoms with E-state index in [1.807, 2.05) is 12.3 Å². The van der Waals surface area contributed by atoms with Gasteiger partial charge in [0.2, 0.25) is 5.91 Å². The lowest BCUT2D eigenvalue weighted by Crippen LogP contribution is -2.57. The first-order chi connectivity index (χ1) is 14.7. The minimum Gasteiger partial charge on any atom is -0.475 e. The molecule has 2 aliphatic heterocycles. The number of pyridine rings is 1. The summed E-state index contributed by atoms with van der Waals surface area (Å²) >= 11 is 0. The maximum atomic E-state index is 12.2. The largest absolute Gasteiger partial charge is 0.490 e. The molecule has 2 saturated heterocycles. The quantitative estimate of drug-likeness (QED) is 0.744. The molecule has 31 heavy (non-hydrogen) atoms. The van der Waals surface area contributed by atoms with Crippen LogP contribution in [0.4, 0.5) is 13.2 Å². The zero-order valence-corrected chi connectivity index (χ0v) is 17.2. The number of ether oxygens (including phenoxy) is 1. The average molecular weight is 443 g/mol. The van der Waals surface area contributed by atoms with Gasteiger partial charge in [-0.25, -0.2) is 4.79 Å². The van der Waals surface area contributed by atoms with Crippen molar-refractivity contribution in [3.63, 3.8) is 0 Å². The molecular formula is C21H28F3N3O4. The van der Waals surface area contributed by atoms with Gasteiger partial charge in [-0.15, -0.1) is 0 Å². The van der Waals surface area contributed by atoms with Crippen molar-refractivity contribution in [2.75, 3.05) is 26.3 Å². The van der Waals surface area contributed by atoms with Crippen LogP contribution in [0, 0.1) is 11.3 Å². The zero-order chi connectivity index (χ0) is 22.5.